The second kappa shape index (κ2) is 4.77. The number of primary amides is 1. The van der Waals surface area contributed by atoms with Crippen LogP contribution in [0, 0.1) is 0 Å². The summed E-state index contributed by atoms with van der Waals surface area (Å²) >= 11 is 0. The maximum atomic E-state index is 11.1. The number of hydrogen-bond donors (Lipinski definition) is 3. The lowest BCUT2D eigenvalue weighted by Gasteiger charge is -2.36. The van der Waals surface area contributed by atoms with E-state index >= 15 is 0 Å². The fraction of sp³-hybridized carbons (Fsp3) is 0.778. The average molecular weight is 232 g/mol. The fourth-order valence-corrected chi connectivity index (χ4v) is 1.55. The highest BCUT2D eigenvalue weighted by atomic mass is 16.5. The minimum absolute atomic E-state index is 0.130. The maximum Gasteiger partial charge on any atom is 0.336 e. The summed E-state index contributed by atoms with van der Waals surface area (Å²) in [5, 5.41) is 18.4. The molecule has 0 radical (unpaired) electrons. The molecule has 1 aliphatic rings. The Morgan fingerprint density at radius 2 is 2.25 bits per heavy atom. The van der Waals surface area contributed by atoms with Crippen molar-refractivity contribution < 1.29 is 24.5 Å². The first kappa shape index (κ1) is 12.9. The molecule has 1 amide bonds. The van der Waals surface area contributed by atoms with Crippen molar-refractivity contribution in [3.63, 3.8) is 0 Å². The molecule has 0 saturated carbocycles. The number of ether oxygens (including phenoxy) is 1. The van der Waals surface area contributed by atoms with Gasteiger partial charge in [-0.15, -0.1) is 0 Å². The molecular weight excluding hydrogens is 216 g/mol. The Morgan fingerprint density at radius 3 is 2.75 bits per heavy atom. The summed E-state index contributed by atoms with van der Waals surface area (Å²) in [4.78, 5) is 23.4. The number of carboxylic acid groups (broad SMARTS) is 1. The second-order valence-electron chi connectivity index (χ2n) is 4.04. The monoisotopic (exact) mass is 232 g/mol. The van der Waals surface area contributed by atoms with Gasteiger partial charge >= 0.3 is 5.97 Å². The normalized spacial score (nSPS) is 26.0. The molecule has 0 bridgehead atoms. The van der Waals surface area contributed by atoms with Crippen LogP contribution < -0.4 is 5.73 Å². The van der Waals surface area contributed by atoms with Crippen LogP contribution in [0.2, 0.25) is 0 Å². The Kier molecular flexibility index (Phi) is 3.84. The fourth-order valence-electron chi connectivity index (χ4n) is 1.55. The van der Waals surface area contributed by atoms with Gasteiger partial charge in [-0.3, -0.25) is 9.69 Å². The Hall–Kier alpha value is -1.18. The molecule has 4 N–H and O–H groups in total. The summed E-state index contributed by atoms with van der Waals surface area (Å²) in [6.45, 7) is 1.92. The molecule has 1 heterocycles. The number of β-amino-alcohol motifs (C(OH)–C–C–N with tert-alkyl or cyclic N) is 1. The van der Waals surface area contributed by atoms with Gasteiger partial charge < -0.3 is 20.7 Å². The number of morpholine rings is 1. The van der Waals surface area contributed by atoms with Crippen molar-refractivity contribution in [1.82, 2.24) is 4.90 Å². The van der Waals surface area contributed by atoms with E-state index in [1.165, 1.54) is 11.8 Å². The van der Waals surface area contributed by atoms with E-state index in [2.05, 4.69) is 0 Å². The molecule has 7 nitrogen and oxygen atoms in total. The quantitative estimate of drug-likeness (QED) is 0.517. The van der Waals surface area contributed by atoms with Gasteiger partial charge in [0.25, 0.3) is 0 Å². The predicted octanol–water partition coefficient (Wildman–Crippen LogP) is -1.99. The van der Waals surface area contributed by atoms with Crippen molar-refractivity contribution in [3.05, 3.63) is 0 Å². The van der Waals surface area contributed by atoms with E-state index in [0.29, 0.717) is 13.2 Å². The van der Waals surface area contributed by atoms with Crippen molar-refractivity contribution in [1.29, 1.82) is 0 Å². The number of rotatable bonds is 4. The first-order valence-corrected chi connectivity index (χ1v) is 4.91. The van der Waals surface area contributed by atoms with Gasteiger partial charge in [-0.1, -0.05) is 0 Å². The zero-order chi connectivity index (χ0) is 12.3. The molecule has 0 aliphatic carbocycles. The van der Waals surface area contributed by atoms with E-state index in [0.717, 1.165) is 0 Å². The second-order valence-corrected chi connectivity index (χ2v) is 4.04. The summed E-state index contributed by atoms with van der Waals surface area (Å²) in [7, 11) is 0. The van der Waals surface area contributed by atoms with E-state index in [9.17, 15) is 14.7 Å². The van der Waals surface area contributed by atoms with Crippen LogP contribution in [-0.2, 0) is 14.3 Å². The molecule has 92 valence electrons. The number of carboxylic acids is 1. The molecule has 2 unspecified atom stereocenters. The van der Waals surface area contributed by atoms with Crippen LogP contribution in [0.25, 0.3) is 0 Å². The predicted molar refractivity (Wildman–Crippen MR) is 53.6 cm³/mol. The number of carbonyl (C=O) groups is 2. The molecule has 2 atom stereocenters. The van der Waals surface area contributed by atoms with Gasteiger partial charge in [0.1, 0.15) is 6.04 Å². The van der Waals surface area contributed by atoms with E-state index in [1.54, 1.807) is 0 Å². The van der Waals surface area contributed by atoms with E-state index in [-0.39, 0.29) is 13.2 Å². The standard InChI is InChI=1S/C9H16N2O5/c1-9(15,8(13)14)5-11-2-3-16-4-6(11)7(10)12/h6,15H,2-5H2,1H3,(H2,10,12)(H,13,14). The van der Waals surface area contributed by atoms with E-state index in [4.69, 9.17) is 15.6 Å². The largest absolute Gasteiger partial charge is 0.479 e. The van der Waals surface area contributed by atoms with Crippen molar-refractivity contribution in [2.24, 2.45) is 5.73 Å². The number of aliphatic carboxylic acids is 1. The summed E-state index contributed by atoms with van der Waals surface area (Å²) in [6, 6.07) is -0.681. The topological polar surface area (TPSA) is 113 Å². The highest BCUT2D eigenvalue weighted by Gasteiger charge is 2.37. The molecular formula is C9H16N2O5. The Labute approximate surface area is 92.8 Å². The Bertz CT molecular complexity index is 292. The lowest BCUT2D eigenvalue weighted by Crippen LogP contribution is -2.58. The number of nitrogens with zero attached hydrogens (tertiary/aromatic N) is 1. The summed E-state index contributed by atoms with van der Waals surface area (Å²) in [5.74, 6) is -1.91. The third-order valence-electron chi connectivity index (χ3n) is 2.54. The molecule has 16 heavy (non-hydrogen) atoms. The third-order valence-corrected chi connectivity index (χ3v) is 2.54. The van der Waals surface area contributed by atoms with Gasteiger partial charge in [-0.05, 0) is 6.92 Å². The van der Waals surface area contributed by atoms with Crippen molar-refractivity contribution >= 4 is 11.9 Å². The van der Waals surface area contributed by atoms with Gasteiger partial charge in [0.2, 0.25) is 5.91 Å². The number of amides is 1. The van der Waals surface area contributed by atoms with Gasteiger partial charge in [0.05, 0.1) is 13.2 Å². The Morgan fingerprint density at radius 1 is 1.62 bits per heavy atom. The molecule has 1 fully saturated rings. The minimum Gasteiger partial charge on any atom is -0.479 e. The molecule has 1 rings (SSSR count). The smallest absolute Gasteiger partial charge is 0.336 e. The number of carbonyl (C=O) groups excluding carboxylic acids is 1. The van der Waals surface area contributed by atoms with Gasteiger partial charge in [-0.2, -0.15) is 0 Å². The summed E-state index contributed by atoms with van der Waals surface area (Å²) in [6.07, 6.45) is 0. The first-order valence-electron chi connectivity index (χ1n) is 4.91. The molecule has 0 aromatic rings. The van der Waals surface area contributed by atoms with Gasteiger partial charge in [0.15, 0.2) is 5.60 Å². The zero-order valence-corrected chi connectivity index (χ0v) is 9.05. The minimum atomic E-state index is -1.90. The Balaban J connectivity index is 2.70. The molecule has 0 spiro atoms. The molecule has 0 aromatic heterocycles. The first-order chi connectivity index (χ1) is 7.34. The van der Waals surface area contributed by atoms with Crippen LogP contribution in [0.3, 0.4) is 0 Å². The highest BCUT2D eigenvalue weighted by molar-refractivity contribution is 5.80. The van der Waals surface area contributed by atoms with Crippen molar-refractivity contribution in [3.8, 4) is 0 Å². The maximum absolute atomic E-state index is 11.1. The molecule has 1 aliphatic heterocycles. The van der Waals surface area contributed by atoms with Crippen LogP contribution in [0.4, 0.5) is 0 Å². The third kappa shape index (κ3) is 2.91. The van der Waals surface area contributed by atoms with Crippen LogP contribution in [0.15, 0.2) is 0 Å². The van der Waals surface area contributed by atoms with Crippen LogP contribution in [0.1, 0.15) is 6.92 Å². The lowest BCUT2D eigenvalue weighted by molar-refractivity contribution is -0.162. The zero-order valence-electron chi connectivity index (χ0n) is 9.05. The van der Waals surface area contributed by atoms with E-state index in [1.807, 2.05) is 0 Å². The summed E-state index contributed by atoms with van der Waals surface area (Å²) in [5.41, 5.74) is 3.27. The number of nitrogens with two attached hydrogens (primary N) is 1. The number of hydrogen-bond acceptors (Lipinski definition) is 5. The average Bonchev–Trinajstić information content (AvgIpc) is 2.17. The van der Waals surface area contributed by atoms with E-state index < -0.39 is 23.5 Å². The van der Waals surface area contributed by atoms with Crippen LogP contribution in [-0.4, -0.2) is 64.9 Å². The van der Waals surface area contributed by atoms with Crippen LogP contribution in [0.5, 0.6) is 0 Å². The molecule has 0 aromatic carbocycles. The molecule has 1 saturated heterocycles. The van der Waals surface area contributed by atoms with Crippen LogP contribution >= 0.6 is 0 Å². The van der Waals surface area contributed by atoms with Crippen molar-refractivity contribution in [2.45, 2.75) is 18.6 Å². The highest BCUT2D eigenvalue weighted by Crippen LogP contribution is 2.13. The molecule has 7 heteroatoms. The van der Waals surface area contributed by atoms with Gasteiger partial charge in [-0.25, -0.2) is 4.79 Å². The SMILES string of the molecule is CC(O)(CN1CCOCC1C(N)=O)C(=O)O. The van der Waals surface area contributed by atoms with Gasteiger partial charge in [0, 0.05) is 13.1 Å². The lowest BCUT2D eigenvalue weighted by atomic mass is 10.0. The van der Waals surface area contributed by atoms with Crippen molar-refractivity contribution in [2.75, 3.05) is 26.3 Å². The number of aliphatic hydroxyl groups is 1. The summed E-state index contributed by atoms with van der Waals surface area (Å²) < 4.78 is 5.08.